The van der Waals surface area contributed by atoms with Crippen LogP contribution < -0.4 is 4.90 Å². The lowest BCUT2D eigenvalue weighted by Crippen LogP contribution is -2.30. The number of carbonyl (C=O) groups excluding carboxylic acids is 1. The average Bonchev–Trinajstić information content (AvgIpc) is 2.46. The summed E-state index contributed by atoms with van der Waals surface area (Å²) >= 11 is 0. The topological polar surface area (TPSA) is 20.3 Å². The molecule has 0 saturated heterocycles. The van der Waals surface area contributed by atoms with E-state index in [9.17, 15) is 13.6 Å². The van der Waals surface area contributed by atoms with Crippen LogP contribution in [0.4, 0.5) is 14.5 Å². The van der Waals surface area contributed by atoms with Crippen LogP contribution in [-0.2, 0) is 0 Å². The molecular formula is C16H15F2NO. The molecule has 0 N–H and O–H groups in total. The van der Waals surface area contributed by atoms with Crippen LogP contribution in [-0.4, -0.2) is 18.9 Å². The SMILES string of the molecule is CCN(CC(=O)c1ccccc1F)c1ccc(F)cc1. The van der Waals surface area contributed by atoms with Crippen LogP contribution in [0.2, 0.25) is 0 Å². The summed E-state index contributed by atoms with van der Waals surface area (Å²) in [5.74, 6) is -1.15. The number of hydrogen-bond acceptors (Lipinski definition) is 2. The van der Waals surface area contributed by atoms with Gasteiger partial charge in [0.05, 0.1) is 12.1 Å². The second kappa shape index (κ2) is 6.28. The van der Waals surface area contributed by atoms with E-state index in [2.05, 4.69) is 0 Å². The molecule has 2 aromatic carbocycles. The first kappa shape index (κ1) is 14.2. The molecule has 2 rings (SSSR count). The summed E-state index contributed by atoms with van der Waals surface area (Å²) in [7, 11) is 0. The van der Waals surface area contributed by atoms with Crippen molar-refractivity contribution < 1.29 is 13.6 Å². The predicted octanol–water partition coefficient (Wildman–Crippen LogP) is 3.67. The fraction of sp³-hybridized carbons (Fsp3) is 0.188. The molecule has 4 heteroatoms. The summed E-state index contributed by atoms with van der Waals surface area (Å²) in [5.41, 5.74) is 0.812. The fourth-order valence-corrected chi connectivity index (χ4v) is 1.98. The summed E-state index contributed by atoms with van der Waals surface area (Å²) in [5, 5.41) is 0. The monoisotopic (exact) mass is 275 g/mol. The number of benzene rings is 2. The van der Waals surface area contributed by atoms with Crippen LogP contribution in [0.1, 0.15) is 17.3 Å². The zero-order chi connectivity index (χ0) is 14.5. The van der Waals surface area contributed by atoms with Gasteiger partial charge in [-0.15, -0.1) is 0 Å². The van der Waals surface area contributed by atoms with E-state index in [0.29, 0.717) is 6.54 Å². The number of likely N-dealkylation sites (N-methyl/N-ethyl adjacent to an activating group) is 1. The normalized spacial score (nSPS) is 10.3. The third kappa shape index (κ3) is 3.20. The second-order valence-corrected chi connectivity index (χ2v) is 4.39. The first-order chi connectivity index (χ1) is 9.61. The van der Waals surface area contributed by atoms with Crippen LogP contribution in [0.5, 0.6) is 0 Å². The molecule has 0 radical (unpaired) electrons. The number of Topliss-reactive ketones (excluding diaryl/α,β-unsaturated/α-hetero) is 1. The van der Waals surface area contributed by atoms with Crippen LogP contribution in [0.3, 0.4) is 0 Å². The Kier molecular flexibility index (Phi) is 4.45. The highest BCUT2D eigenvalue weighted by Crippen LogP contribution is 2.16. The number of hydrogen-bond donors (Lipinski definition) is 0. The Morgan fingerprint density at radius 3 is 2.30 bits per heavy atom. The minimum Gasteiger partial charge on any atom is -0.364 e. The van der Waals surface area contributed by atoms with Gasteiger partial charge in [0, 0.05) is 12.2 Å². The molecule has 0 spiro atoms. The first-order valence-corrected chi connectivity index (χ1v) is 6.40. The highest BCUT2D eigenvalue weighted by Gasteiger charge is 2.15. The van der Waals surface area contributed by atoms with Crippen molar-refractivity contribution in [2.24, 2.45) is 0 Å². The Morgan fingerprint density at radius 1 is 1.05 bits per heavy atom. The number of rotatable bonds is 5. The van der Waals surface area contributed by atoms with Crippen molar-refractivity contribution in [3.8, 4) is 0 Å². The summed E-state index contributed by atoms with van der Waals surface area (Å²) in [6.45, 7) is 2.52. The van der Waals surface area contributed by atoms with Gasteiger partial charge in [0.25, 0.3) is 0 Å². The summed E-state index contributed by atoms with van der Waals surface area (Å²) in [6, 6.07) is 11.8. The first-order valence-electron chi connectivity index (χ1n) is 6.40. The molecule has 104 valence electrons. The van der Waals surface area contributed by atoms with Crippen LogP contribution >= 0.6 is 0 Å². The third-order valence-corrected chi connectivity index (χ3v) is 3.08. The minimum absolute atomic E-state index is 0.0586. The van der Waals surface area contributed by atoms with Gasteiger partial charge in [-0.05, 0) is 43.3 Å². The highest BCUT2D eigenvalue weighted by atomic mass is 19.1. The highest BCUT2D eigenvalue weighted by molar-refractivity contribution is 5.99. The predicted molar refractivity (Wildman–Crippen MR) is 75.0 cm³/mol. The van der Waals surface area contributed by atoms with Gasteiger partial charge < -0.3 is 4.90 Å². The Bertz CT molecular complexity index is 596. The van der Waals surface area contributed by atoms with Crippen molar-refractivity contribution in [3.05, 3.63) is 65.7 Å². The van der Waals surface area contributed by atoms with Crippen molar-refractivity contribution in [1.82, 2.24) is 0 Å². The van der Waals surface area contributed by atoms with Gasteiger partial charge in [0.1, 0.15) is 11.6 Å². The maximum Gasteiger partial charge on any atom is 0.185 e. The van der Waals surface area contributed by atoms with Gasteiger partial charge in [-0.3, -0.25) is 4.79 Å². The Balaban J connectivity index is 2.16. The molecule has 0 heterocycles. The Morgan fingerprint density at radius 2 is 1.70 bits per heavy atom. The van der Waals surface area contributed by atoms with E-state index in [-0.39, 0.29) is 23.7 Å². The smallest absolute Gasteiger partial charge is 0.185 e. The van der Waals surface area contributed by atoms with Gasteiger partial charge in [-0.2, -0.15) is 0 Å². The van der Waals surface area contributed by atoms with Crippen LogP contribution in [0, 0.1) is 11.6 Å². The Hall–Kier alpha value is -2.23. The van der Waals surface area contributed by atoms with E-state index in [1.54, 1.807) is 29.2 Å². The molecule has 0 amide bonds. The maximum atomic E-state index is 13.6. The van der Waals surface area contributed by atoms with E-state index in [1.165, 1.54) is 24.3 Å². The van der Waals surface area contributed by atoms with E-state index in [0.717, 1.165) is 5.69 Å². The molecule has 20 heavy (non-hydrogen) atoms. The summed E-state index contributed by atoms with van der Waals surface area (Å²) < 4.78 is 26.5. The molecule has 2 aromatic rings. The van der Waals surface area contributed by atoms with Gasteiger partial charge in [-0.25, -0.2) is 8.78 Å². The molecule has 0 bridgehead atoms. The number of nitrogens with zero attached hydrogens (tertiary/aromatic N) is 1. The van der Waals surface area contributed by atoms with Crippen molar-refractivity contribution >= 4 is 11.5 Å². The van der Waals surface area contributed by atoms with Crippen molar-refractivity contribution in [2.45, 2.75) is 6.92 Å². The number of halogens is 2. The minimum atomic E-state index is -0.521. The molecule has 0 aliphatic rings. The lowest BCUT2D eigenvalue weighted by molar-refractivity contribution is 0.0995. The van der Waals surface area contributed by atoms with Crippen LogP contribution in [0.25, 0.3) is 0 Å². The zero-order valence-electron chi connectivity index (χ0n) is 11.1. The largest absolute Gasteiger partial charge is 0.364 e. The molecule has 0 unspecified atom stereocenters. The second-order valence-electron chi connectivity index (χ2n) is 4.39. The number of ketones is 1. The molecule has 0 aliphatic carbocycles. The Labute approximate surface area is 116 Å². The molecule has 0 aliphatic heterocycles. The van der Waals surface area contributed by atoms with Crippen molar-refractivity contribution in [1.29, 1.82) is 0 Å². The summed E-state index contributed by atoms with van der Waals surface area (Å²) in [4.78, 5) is 13.9. The van der Waals surface area contributed by atoms with E-state index in [4.69, 9.17) is 0 Å². The van der Waals surface area contributed by atoms with E-state index >= 15 is 0 Å². The number of anilines is 1. The molecule has 0 atom stereocenters. The quantitative estimate of drug-likeness (QED) is 0.776. The van der Waals surface area contributed by atoms with Gasteiger partial charge in [-0.1, -0.05) is 12.1 Å². The molecule has 0 saturated carbocycles. The lowest BCUT2D eigenvalue weighted by atomic mass is 10.1. The standard InChI is InChI=1S/C16H15F2NO/c1-2-19(13-9-7-12(17)8-10-13)11-16(20)14-5-3-4-6-15(14)18/h3-10H,2,11H2,1H3. The van der Waals surface area contributed by atoms with Gasteiger partial charge in [0.2, 0.25) is 0 Å². The fourth-order valence-electron chi connectivity index (χ4n) is 1.98. The van der Waals surface area contributed by atoms with Gasteiger partial charge in [0.15, 0.2) is 5.78 Å². The van der Waals surface area contributed by atoms with E-state index < -0.39 is 5.82 Å². The van der Waals surface area contributed by atoms with Gasteiger partial charge >= 0.3 is 0 Å². The van der Waals surface area contributed by atoms with Crippen molar-refractivity contribution in [3.63, 3.8) is 0 Å². The lowest BCUT2D eigenvalue weighted by Gasteiger charge is -2.22. The molecular weight excluding hydrogens is 260 g/mol. The molecule has 0 aromatic heterocycles. The zero-order valence-corrected chi connectivity index (χ0v) is 11.1. The van der Waals surface area contributed by atoms with Crippen molar-refractivity contribution in [2.75, 3.05) is 18.0 Å². The van der Waals surface area contributed by atoms with Crippen LogP contribution in [0.15, 0.2) is 48.5 Å². The molecule has 2 nitrogen and oxygen atoms in total. The summed E-state index contributed by atoms with van der Waals surface area (Å²) in [6.07, 6.45) is 0. The number of carbonyl (C=O) groups is 1. The third-order valence-electron chi connectivity index (χ3n) is 3.08. The maximum absolute atomic E-state index is 13.6. The average molecular weight is 275 g/mol. The van der Waals surface area contributed by atoms with E-state index in [1.807, 2.05) is 6.92 Å². The molecule has 0 fully saturated rings.